The van der Waals surface area contributed by atoms with Crippen LogP contribution in [0.15, 0.2) is 91.0 Å². The van der Waals surface area contributed by atoms with E-state index in [1.165, 1.54) is 11.3 Å². The maximum atomic E-state index is 12.8. The number of nitrogens with zero attached hydrogens (tertiary/aromatic N) is 1. The Morgan fingerprint density at radius 2 is 1.36 bits per heavy atom. The van der Waals surface area contributed by atoms with Gasteiger partial charge in [0.15, 0.2) is 5.13 Å². The van der Waals surface area contributed by atoms with Gasteiger partial charge in [-0.2, -0.15) is 0 Å². The third-order valence-electron chi connectivity index (χ3n) is 4.63. The van der Waals surface area contributed by atoms with Gasteiger partial charge in [0.25, 0.3) is 0 Å². The number of carbonyl (C=O) groups excluding carboxylic acids is 1. The van der Waals surface area contributed by atoms with Crippen molar-refractivity contribution >= 4 is 22.4 Å². The first kappa shape index (κ1) is 18.1. The average Bonchev–Trinajstić information content (AvgIpc) is 3.19. The molecule has 1 aromatic heterocycles. The van der Waals surface area contributed by atoms with Crippen LogP contribution in [-0.2, 0) is 4.79 Å². The fraction of sp³-hybridized carbons (Fsp3) is 0.0833. The van der Waals surface area contributed by atoms with Crippen LogP contribution in [0.2, 0.25) is 0 Å². The molecule has 1 atom stereocenters. The molecular weight excluding hydrogens is 364 g/mol. The summed E-state index contributed by atoms with van der Waals surface area (Å²) in [6.07, 6.45) is 0. The maximum absolute atomic E-state index is 12.8. The van der Waals surface area contributed by atoms with Gasteiger partial charge in [0.2, 0.25) is 5.91 Å². The molecule has 0 aliphatic heterocycles. The second-order valence-electron chi connectivity index (χ2n) is 6.55. The first-order chi connectivity index (χ1) is 13.7. The third-order valence-corrected chi connectivity index (χ3v) is 5.65. The Morgan fingerprint density at radius 3 is 1.96 bits per heavy atom. The van der Waals surface area contributed by atoms with Crippen LogP contribution in [0.25, 0.3) is 21.7 Å². The molecule has 0 fully saturated rings. The highest BCUT2D eigenvalue weighted by Gasteiger charge is 2.19. The molecule has 1 unspecified atom stereocenters. The summed E-state index contributed by atoms with van der Waals surface area (Å²) in [5.74, 6) is -0.301. The van der Waals surface area contributed by atoms with Crippen molar-refractivity contribution in [1.29, 1.82) is 0 Å². The molecule has 4 heteroatoms. The number of anilines is 1. The number of nitrogens with one attached hydrogen (secondary N) is 1. The van der Waals surface area contributed by atoms with E-state index in [1.54, 1.807) is 0 Å². The Labute approximate surface area is 168 Å². The van der Waals surface area contributed by atoms with E-state index in [0.717, 1.165) is 27.3 Å². The highest BCUT2D eigenvalue weighted by molar-refractivity contribution is 7.19. The minimum absolute atomic E-state index is 0.0563. The lowest BCUT2D eigenvalue weighted by Crippen LogP contribution is -2.18. The molecule has 3 aromatic carbocycles. The van der Waals surface area contributed by atoms with Crippen molar-refractivity contribution in [2.75, 3.05) is 5.32 Å². The monoisotopic (exact) mass is 384 g/mol. The van der Waals surface area contributed by atoms with E-state index in [2.05, 4.69) is 17.4 Å². The Kier molecular flexibility index (Phi) is 5.31. The summed E-state index contributed by atoms with van der Waals surface area (Å²) in [6.45, 7) is 1.91. The van der Waals surface area contributed by atoms with Crippen LogP contribution >= 0.6 is 11.3 Å². The van der Waals surface area contributed by atoms with E-state index < -0.39 is 0 Å². The van der Waals surface area contributed by atoms with Crippen molar-refractivity contribution in [3.8, 4) is 21.7 Å². The Balaban J connectivity index is 1.67. The molecule has 0 radical (unpaired) electrons. The third kappa shape index (κ3) is 3.87. The summed E-state index contributed by atoms with van der Waals surface area (Å²) in [5, 5.41) is 3.63. The molecule has 0 saturated heterocycles. The molecule has 0 saturated carbocycles. The molecule has 0 bridgehead atoms. The summed E-state index contributed by atoms with van der Waals surface area (Å²) < 4.78 is 0. The van der Waals surface area contributed by atoms with E-state index in [4.69, 9.17) is 4.98 Å². The van der Waals surface area contributed by atoms with Crippen molar-refractivity contribution in [3.05, 3.63) is 96.6 Å². The molecule has 0 aliphatic rings. The second kappa shape index (κ2) is 8.19. The first-order valence-electron chi connectivity index (χ1n) is 9.20. The smallest absolute Gasteiger partial charge is 0.233 e. The molecule has 28 heavy (non-hydrogen) atoms. The fourth-order valence-corrected chi connectivity index (χ4v) is 4.05. The number of rotatable bonds is 5. The summed E-state index contributed by atoms with van der Waals surface area (Å²) in [4.78, 5) is 18.6. The SMILES string of the molecule is CC(C(=O)Nc1nc(-c2ccccc2)c(-c2ccccc2)s1)c1ccccc1. The molecule has 3 nitrogen and oxygen atoms in total. The Bertz CT molecular complexity index is 1000. The van der Waals surface area contributed by atoms with Gasteiger partial charge >= 0.3 is 0 Å². The van der Waals surface area contributed by atoms with Crippen molar-refractivity contribution in [2.24, 2.45) is 0 Å². The van der Waals surface area contributed by atoms with Crippen molar-refractivity contribution in [3.63, 3.8) is 0 Å². The van der Waals surface area contributed by atoms with Gasteiger partial charge in [0, 0.05) is 5.56 Å². The van der Waals surface area contributed by atoms with Crippen LogP contribution in [-0.4, -0.2) is 10.9 Å². The summed E-state index contributed by atoms with van der Waals surface area (Å²) >= 11 is 1.51. The van der Waals surface area contributed by atoms with Gasteiger partial charge in [-0.05, 0) is 18.1 Å². The zero-order chi connectivity index (χ0) is 19.3. The van der Waals surface area contributed by atoms with E-state index in [0.29, 0.717) is 5.13 Å². The maximum Gasteiger partial charge on any atom is 0.233 e. The lowest BCUT2D eigenvalue weighted by molar-refractivity contribution is -0.117. The van der Waals surface area contributed by atoms with Gasteiger partial charge in [-0.25, -0.2) is 4.98 Å². The quantitative estimate of drug-likeness (QED) is 0.444. The summed E-state index contributed by atoms with van der Waals surface area (Å²) in [5.41, 5.74) is 4.01. The molecule has 138 valence electrons. The Hall–Kier alpha value is -3.24. The van der Waals surface area contributed by atoms with E-state index in [-0.39, 0.29) is 11.8 Å². The highest BCUT2D eigenvalue weighted by Crippen LogP contribution is 2.39. The van der Waals surface area contributed by atoms with Crippen LogP contribution in [0.3, 0.4) is 0 Å². The standard InChI is InChI=1S/C24H20N2OS/c1-17(18-11-5-2-6-12-18)23(27)26-24-25-21(19-13-7-3-8-14-19)22(28-24)20-15-9-4-10-16-20/h2-17H,1H3,(H,25,26,27). The second-order valence-corrected chi connectivity index (χ2v) is 7.55. The first-order valence-corrected chi connectivity index (χ1v) is 10.0. The topological polar surface area (TPSA) is 42.0 Å². The molecule has 1 heterocycles. The normalized spacial score (nSPS) is 11.8. The number of benzene rings is 3. The van der Waals surface area contributed by atoms with Crippen molar-refractivity contribution < 1.29 is 4.79 Å². The van der Waals surface area contributed by atoms with Crippen molar-refractivity contribution in [1.82, 2.24) is 4.98 Å². The molecule has 0 aliphatic carbocycles. The highest BCUT2D eigenvalue weighted by atomic mass is 32.1. The number of hydrogen-bond acceptors (Lipinski definition) is 3. The molecule has 1 N–H and O–H groups in total. The van der Waals surface area contributed by atoms with Crippen LogP contribution < -0.4 is 5.32 Å². The number of carbonyl (C=O) groups is 1. The molecule has 4 aromatic rings. The number of amides is 1. The van der Waals surface area contributed by atoms with E-state index >= 15 is 0 Å². The number of aromatic nitrogens is 1. The molecular formula is C24H20N2OS. The van der Waals surface area contributed by atoms with Gasteiger partial charge < -0.3 is 5.32 Å². The zero-order valence-corrected chi connectivity index (χ0v) is 16.3. The lowest BCUT2D eigenvalue weighted by atomic mass is 10.0. The fourth-order valence-electron chi connectivity index (χ4n) is 3.06. The minimum atomic E-state index is -0.245. The van der Waals surface area contributed by atoms with Gasteiger partial charge in [-0.15, -0.1) is 0 Å². The van der Waals surface area contributed by atoms with Gasteiger partial charge in [0.05, 0.1) is 16.5 Å². The summed E-state index contributed by atoms with van der Waals surface area (Å²) in [7, 11) is 0. The lowest BCUT2D eigenvalue weighted by Gasteiger charge is -2.10. The molecule has 1 amide bonds. The molecule has 4 rings (SSSR count). The van der Waals surface area contributed by atoms with Gasteiger partial charge in [0.1, 0.15) is 0 Å². The largest absolute Gasteiger partial charge is 0.301 e. The van der Waals surface area contributed by atoms with E-state index in [1.807, 2.05) is 85.8 Å². The van der Waals surface area contributed by atoms with Crippen LogP contribution in [0.5, 0.6) is 0 Å². The number of thiazole rings is 1. The van der Waals surface area contributed by atoms with Crippen molar-refractivity contribution in [2.45, 2.75) is 12.8 Å². The van der Waals surface area contributed by atoms with Gasteiger partial charge in [-0.1, -0.05) is 102 Å². The van der Waals surface area contributed by atoms with Crippen LogP contribution in [0, 0.1) is 0 Å². The number of hydrogen-bond donors (Lipinski definition) is 1. The van der Waals surface area contributed by atoms with Crippen LogP contribution in [0.1, 0.15) is 18.4 Å². The van der Waals surface area contributed by atoms with Gasteiger partial charge in [-0.3, -0.25) is 4.79 Å². The zero-order valence-electron chi connectivity index (χ0n) is 15.5. The Morgan fingerprint density at radius 1 is 0.821 bits per heavy atom. The van der Waals surface area contributed by atoms with Crippen LogP contribution in [0.4, 0.5) is 5.13 Å². The average molecular weight is 385 g/mol. The predicted molar refractivity (Wildman–Crippen MR) is 116 cm³/mol. The van der Waals surface area contributed by atoms with E-state index in [9.17, 15) is 4.79 Å². The minimum Gasteiger partial charge on any atom is -0.301 e. The molecule has 0 spiro atoms. The predicted octanol–water partition coefficient (Wildman–Crippen LogP) is 6.22. The summed E-state index contributed by atoms with van der Waals surface area (Å²) in [6, 6.07) is 30.0.